The Kier molecular flexibility index (Phi) is 5.05. The number of halogens is 1. The summed E-state index contributed by atoms with van der Waals surface area (Å²) in [5.74, 6) is 2.03. The number of hydrogen-bond acceptors (Lipinski definition) is 5. The van der Waals surface area contributed by atoms with E-state index in [1.807, 2.05) is 62.4 Å². The summed E-state index contributed by atoms with van der Waals surface area (Å²) in [7, 11) is 1.64. The largest absolute Gasteiger partial charge is 0.497 e. The summed E-state index contributed by atoms with van der Waals surface area (Å²) >= 11 is 6.17. The van der Waals surface area contributed by atoms with Crippen LogP contribution in [0, 0.1) is 13.8 Å². The highest BCUT2D eigenvalue weighted by Gasteiger charge is 2.07. The Balaban J connectivity index is 1.83. The van der Waals surface area contributed by atoms with Crippen LogP contribution in [0.5, 0.6) is 5.75 Å². The summed E-state index contributed by atoms with van der Waals surface area (Å²) in [6.45, 7) is 3.88. The number of nitrogens with one attached hydrogen (secondary N) is 2. The standard InChI is InChI=1S/C19H19ClN4O/c1-12-11-18(22-14-7-9-15(25-3)10-8-14)24-19(21-12)23-17-6-4-5-16(20)13(17)2/h4-11H,1-3H3,(H2,21,22,23,24). The summed E-state index contributed by atoms with van der Waals surface area (Å²) in [6, 6.07) is 15.2. The Morgan fingerprint density at radius 2 is 1.72 bits per heavy atom. The first-order valence-electron chi connectivity index (χ1n) is 7.84. The van der Waals surface area contributed by atoms with Crippen molar-refractivity contribution in [2.75, 3.05) is 17.7 Å². The maximum Gasteiger partial charge on any atom is 0.229 e. The molecule has 2 aromatic carbocycles. The van der Waals surface area contributed by atoms with Gasteiger partial charge >= 0.3 is 0 Å². The van der Waals surface area contributed by atoms with Crippen molar-refractivity contribution in [3.05, 3.63) is 64.8 Å². The van der Waals surface area contributed by atoms with E-state index in [-0.39, 0.29) is 0 Å². The smallest absolute Gasteiger partial charge is 0.229 e. The maximum absolute atomic E-state index is 6.17. The summed E-state index contributed by atoms with van der Waals surface area (Å²) in [6.07, 6.45) is 0. The van der Waals surface area contributed by atoms with E-state index >= 15 is 0 Å². The molecular weight excluding hydrogens is 336 g/mol. The molecule has 0 atom stereocenters. The lowest BCUT2D eigenvalue weighted by atomic mass is 10.2. The van der Waals surface area contributed by atoms with Gasteiger partial charge in [0.05, 0.1) is 7.11 Å². The van der Waals surface area contributed by atoms with E-state index in [1.54, 1.807) is 7.11 Å². The average Bonchev–Trinajstić information content (AvgIpc) is 2.59. The third-order valence-corrected chi connectivity index (χ3v) is 4.14. The molecule has 0 amide bonds. The van der Waals surface area contributed by atoms with Gasteiger partial charge in [0, 0.05) is 28.2 Å². The number of aromatic nitrogens is 2. The minimum absolute atomic E-state index is 0.515. The van der Waals surface area contributed by atoms with Crippen LogP contribution >= 0.6 is 11.6 Å². The quantitative estimate of drug-likeness (QED) is 0.656. The molecule has 3 rings (SSSR count). The van der Waals surface area contributed by atoms with Crippen LogP contribution in [0.4, 0.5) is 23.1 Å². The van der Waals surface area contributed by atoms with Crippen LogP contribution in [0.15, 0.2) is 48.5 Å². The molecule has 0 fully saturated rings. The van der Waals surface area contributed by atoms with Crippen LogP contribution in [0.1, 0.15) is 11.3 Å². The first-order chi connectivity index (χ1) is 12.0. The van der Waals surface area contributed by atoms with Crippen LogP contribution in [0.3, 0.4) is 0 Å². The minimum Gasteiger partial charge on any atom is -0.497 e. The van der Waals surface area contributed by atoms with Crippen molar-refractivity contribution in [2.45, 2.75) is 13.8 Å². The second-order valence-corrected chi connectivity index (χ2v) is 6.02. The van der Waals surface area contributed by atoms with Gasteiger partial charge in [0.25, 0.3) is 0 Å². The Morgan fingerprint density at radius 3 is 2.44 bits per heavy atom. The zero-order valence-corrected chi connectivity index (χ0v) is 15.1. The molecule has 0 aliphatic carbocycles. The predicted octanol–water partition coefficient (Wildman–Crippen LogP) is 5.24. The highest BCUT2D eigenvalue weighted by Crippen LogP contribution is 2.26. The van der Waals surface area contributed by atoms with Crippen molar-refractivity contribution in [1.82, 2.24) is 9.97 Å². The lowest BCUT2D eigenvalue weighted by Crippen LogP contribution is -2.03. The number of nitrogens with zero attached hydrogens (tertiary/aromatic N) is 2. The van der Waals surface area contributed by atoms with E-state index in [0.717, 1.165) is 28.4 Å². The lowest BCUT2D eigenvalue weighted by Gasteiger charge is -2.12. The Labute approximate surface area is 152 Å². The van der Waals surface area contributed by atoms with Crippen molar-refractivity contribution in [3.63, 3.8) is 0 Å². The topological polar surface area (TPSA) is 59.1 Å². The minimum atomic E-state index is 0.515. The van der Waals surface area contributed by atoms with Gasteiger partial charge < -0.3 is 15.4 Å². The molecule has 1 heterocycles. The molecule has 0 saturated carbocycles. The second kappa shape index (κ2) is 7.40. The normalized spacial score (nSPS) is 10.4. The van der Waals surface area contributed by atoms with Gasteiger partial charge in [-0.25, -0.2) is 4.98 Å². The third kappa shape index (κ3) is 4.19. The fraction of sp³-hybridized carbons (Fsp3) is 0.158. The SMILES string of the molecule is COc1ccc(Nc2cc(C)nc(Nc3cccc(Cl)c3C)n2)cc1. The zero-order valence-electron chi connectivity index (χ0n) is 14.3. The van der Waals surface area contributed by atoms with Crippen LogP contribution in [0.25, 0.3) is 0 Å². The molecule has 0 aliphatic heterocycles. The Morgan fingerprint density at radius 1 is 0.960 bits per heavy atom. The van der Waals surface area contributed by atoms with Crippen LogP contribution in [-0.4, -0.2) is 17.1 Å². The first kappa shape index (κ1) is 17.0. The molecule has 1 aromatic heterocycles. The number of aryl methyl sites for hydroxylation is 1. The van der Waals surface area contributed by atoms with E-state index in [0.29, 0.717) is 16.8 Å². The molecule has 5 nitrogen and oxygen atoms in total. The zero-order chi connectivity index (χ0) is 17.8. The molecule has 25 heavy (non-hydrogen) atoms. The molecule has 0 bridgehead atoms. The van der Waals surface area contributed by atoms with Gasteiger partial charge in [-0.15, -0.1) is 0 Å². The second-order valence-electron chi connectivity index (χ2n) is 5.61. The molecule has 0 radical (unpaired) electrons. The number of methoxy groups -OCH3 is 1. The van der Waals surface area contributed by atoms with Crippen LogP contribution in [-0.2, 0) is 0 Å². The van der Waals surface area contributed by atoms with Gasteiger partial charge in [0.1, 0.15) is 11.6 Å². The van der Waals surface area contributed by atoms with Gasteiger partial charge in [0.2, 0.25) is 5.95 Å². The third-order valence-electron chi connectivity index (χ3n) is 3.73. The molecule has 0 aliphatic rings. The van der Waals surface area contributed by atoms with Gasteiger partial charge in [-0.05, 0) is 55.8 Å². The predicted molar refractivity (Wildman–Crippen MR) is 103 cm³/mol. The van der Waals surface area contributed by atoms with E-state index in [2.05, 4.69) is 20.6 Å². The first-order valence-corrected chi connectivity index (χ1v) is 8.22. The fourth-order valence-electron chi connectivity index (χ4n) is 2.37. The van der Waals surface area contributed by atoms with Crippen molar-refractivity contribution in [1.29, 1.82) is 0 Å². The molecule has 128 valence electrons. The molecular formula is C19H19ClN4O. The fourth-order valence-corrected chi connectivity index (χ4v) is 2.55. The summed E-state index contributed by atoms with van der Waals surface area (Å²) in [5, 5.41) is 7.21. The summed E-state index contributed by atoms with van der Waals surface area (Å²) in [5.41, 5.74) is 3.62. The van der Waals surface area contributed by atoms with Gasteiger partial charge in [-0.3, -0.25) is 0 Å². The Bertz CT molecular complexity index is 881. The van der Waals surface area contributed by atoms with Gasteiger partial charge in [0.15, 0.2) is 0 Å². The number of benzene rings is 2. The highest BCUT2D eigenvalue weighted by atomic mass is 35.5. The van der Waals surface area contributed by atoms with Crippen molar-refractivity contribution < 1.29 is 4.74 Å². The monoisotopic (exact) mass is 354 g/mol. The molecule has 6 heteroatoms. The summed E-state index contributed by atoms with van der Waals surface area (Å²) < 4.78 is 5.17. The average molecular weight is 355 g/mol. The van der Waals surface area contributed by atoms with Crippen molar-refractivity contribution >= 4 is 34.7 Å². The molecule has 0 unspecified atom stereocenters. The Hall–Kier alpha value is -2.79. The number of rotatable bonds is 5. The van der Waals surface area contributed by atoms with Crippen LogP contribution in [0.2, 0.25) is 5.02 Å². The van der Waals surface area contributed by atoms with Crippen molar-refractivity contribution in [3.8, 4) is 5.75 Å². The molecule has 3 aromatic rings. The maximum atomic E-state index is 6.17. The van der Waals surface area contributed by atoms with E-state index in [9.17, 15) is 0 Å². The summed E-state index contributed by atoms with van der Waals surface area (Å²) in [4.78, 5) is 8.97. The number of anilines is 4. The van der Waals surface area contributed by atoms with Crippen molar-refractivity contribution in [2.24, 2.45) is 0 Å². The van der Waals surface area contributed by atoms with Gasteiger partial charge in [-0.1, -0.05) is 17.7 Å². The van der Waals surface area contributed by atoms with E-state index in [1.165, 1.54) is 0 Å². The lowest BCUT2D eigenvalue weighted by molar-refractivity contribution is 0.415. The van der Waals surface area contributed by atoms with E-state index < -0.39 is 0 Å². The van der Waals surface area contributed by atoms with E-state index in [4.69, 9.17) is 16.3 Å². The number of ether oxygens (including phenoxy) is 1. The molecule has 2 N–H and O–H groups in total. The van der Waals surface area contributed by atoms with Crippen LogP contribution < -0.4 is 15.4 Å². The van der Waals surface area contributed by atoms with Gasteiger partial charge in [-0.2, -0.15) is 4.98 Å². The molecule has 0 spiro atoms. The number of hydrogen-bond donors (Lipinski definition) is 2. The molecule has 0 saturated heterocycles. The highest BCUT2D eigenvalue weighted by molar-refractivity contribution is 6.31.